The molecule has 0 atom stereocenters. The second kappa shape index (κ2) is 6.52. The molecule has 0 saturated carbocycles. The van der Waals surface area contributed by atoms with E-state index in [9.17, 15) is 29.4 Å². The Kier molecular flexibility index (Phi) is 7.07. The fraction of sp³-hybridized carbons (Fsp3) is 0. The van der Waals surface area contributed by atoms with Gasteiger partial charge in [0.15, 0.2) is 0 Å². The SMILES string of the molecule is O=C([O-])C1=CC=C(C(=O)[O-])C(=O)C1=O.[Li+].[Li+]. The first-order chi connectivity index (χ1) is 6.45. The van der Waals surface area contributed by atoms with Crippen molar-refractivity contribution in [3.8, 4) is 0 Å². The van der Waals surface area contributed by atoms with Crippen molar-refractivity contribution in [2.75, 3.05) is 0 Å². The first kappa shape index (κ1) is 17.4. The molecule has 1 rings (SSSR count). The predicted molar refractivity (Wildman–Crippen MR) is 36.2 cm³/mol. The van der Waals surface area contributed by atoms with E-state index < -0.39 is 34.7 Å². The van der Waals surface area contributed by atoms with Crippen LogP contribution >= 0.6 is 0 Å². The minimum Gasteiger partial charge on any atom is -0.545 e. The number of carbonyl (C=O) groups is 4. The summed E-state index contributed by atoms with van der Waals surface area (Å²) in [6.07, 6.45) is 1.40. The number of hydrogen-bond donors (Lipinski definition) is 0. The van der Waals surface area contributed by atoms with Gasteiger partial charge in [0.2, 0.25) is 11.6 Å². The van der Waals surface area contributed by atoms with Crippen LogP contribution in [0, 0.1) is 0 Å². The van der Waals surface area contributed by atoms with Crippen LogP contribution in [0.1, 0.15) is 0 Å². The molecule has 8 heteroatoms. The van der Waals surface area contributed by atoms with Crippen LogP contribution in [-0.4, -0.2) is 23.5 Å². The molecule has 0 bridgehead atoms. The van der Waals surface area contributed by atoms with Gasteiger partial charge in [0.1, 0.15) is 0 Å². The van der Waals surface area contributed by atoms with Crippen molar-refractivity contribution in [1.82, 2.24) is 0 Å². The number of carbonyl (C=O) groups excluding carboxylic acids is 4. The van der Waals surface area contributed by atoms with Crippen LogP contribution in [0.5, 0.6) is 0 Å². The number of hydrogen-bond acceptors (Lipinski definition) is 6. The van der Waals surface area contributed by atoms with Crippen molar-refractivity contribution < 1.29 is 67.1 Å². The van der Waals surface area contributed by atoms with Crippen molar-refractivity contribution in [1.29, 1.82) is 0 Å². The second-order valence-electron chi connectivity index (χ2n) is 2.39. The largest absolute Gasteiger partial charge is 1.00 e. The van der Waals surface area contributed by atoms with Gasteiger partial charge in [-0.05, 0) is 12.2 Å². The number of ketones is 2. The summed E-state index contributed by atoms with van der Waals surface area (Å²) in [7, 11) is 0. The molecule has 0 saturated heterocycles. The van der Waals surface area contributed by atoms with E-state index in [0.29, 0.717) is 12.2 Å². The molecule has 16 heavy (non-hydrogen) atoms. The third-order valence-corrected chi connectivity index (χ3v) is 1.55. The third-order valence-electron chi connectivity index (χ3n) is 1.55. The smallest absolute Gasteiger partial charge is 0.545 e. The van der Waals surface area contributed by atoms with Crippen LogP contribution in [0.25, 0.3) is 0 Å². The summed E-state index contributed by atoms with van der Waals surface area (Å²) in [5, 5.41) is 20.5. The summed E-state index contributed by atoms with van der Waals surface area (Å²) >= 11 is 0. The molecule has 0 unspecified atom stereocenters. The molecule has 0 aliphatic heterocycles. The molecule has 1 aliphatic carbocycles. The number of aliphatic carboxylic acids is 2. The van der Waals surface area contributed by atoms with Gasteiger partial charge in [0.05, 0.1) is 11.9 Å². The Bertz CT molecular complexity index is 380. The summed E-state index contributed by atoms with van der Waals surface area (Å²) in [5.74, 6) is -6.47. The van der Waals surface area contributed by atoms with E-state index in [1.165, 1.54) is 0 Å². The molecule has 0 spiro atoms. The maximum Gasteiger partial charge on any atom is 1.00 e. The van der Waals surface area contributed by atoms with Crippen LogP contribution in [0.4, 0.5) is 0 Å². The number of allylic oxidation sites excluding steroid dienone is 2. The van der Waals surface area contributed by atoms with Gasteiger partial charge in [-0.1, -0.05) is 0 Å². The summed E-state index contributed by atoms with van der Waals surface area (Å²) in [6.45, 7) is 0. The fourth-order valence-corrected chi connectivity index (χ4v) is 0.884. The molecule has 0 aromatic rings. The van der Waals surface area contributed by atoms with Gasteiger partial charge >= 0.3 is 37.7 Å². The Morgan fingerprint density at radius 3 is 1.25 bits per heavy atom. The Morgan fingerprint density at radius 2 is 1.06 bits per heavy atom. The van der Waals surface area contributed by atoms with E-state index in [4.69, 9.17) is 0 Å². The Morgan fingerprint density at radius 1 is 0.812 bits per heavy atom. The maximum atomic E-state index is 10.9. The molecule has 72 valence electrons. The average Bonchev–Trinajstić information content (AvgIpc) is 2.08. The third kappa shape index (κ3) is 3.23. The van der Waals surface area contributed by atoms with Gasteiger partial charge < -0.3 is 19.8 Å². The number of carboxylic acids is 2. The van der Waals surface area contributed by atoms with Crippen LogP contribution in [0.2, 0.25) is 0 Å². The van der Waals surface area contributed by atoms with Gasteiger partial charge in [-0.25, -0.2) is 0 Å². The zero-order valence-corrected chi connectivity index (χ0v) is 8.60. The van der Waals surface area contributed by atoms with Crippen LogP contribution in [0.15, 0.2) is 23.3 Å². The Balaban J connectivity index is 0. The number of rotatable bonds is 2. The molecule has 0 heterocycles. The average molecular weight is 208 g/mol. The van der Waals surface area contributed by atoms with Crippen LogP contribution < -0.4 is 47.9 Å². The summed E-state index contributed by atoms with van der Waals surface area (Å²) < 4.78 is 0. The Hall–Kier alpha value is -1.05. The molecule has 1 aliphatic rings. The van der Waals surface area contributed by atoms with Crippen molar-refractivity contribution in [3.05, 3.63) is 23.3 Å². The number of Topliss-reactive ketones (excluding diaryl/α,β-unsaturated/α-hetero) is 2. The topological polar surface area (TPSA) is 114 Å². The predicted octanol–water partition coefficient (Wildman–Crippen LogP) is -9.50. The molecule has 0 aromatic carbocycles. The summed E-state index contributed by atoms with van der Waals surface area (Å²) in [5.41, 5.74) is -1.72. The standard InChI is InChI=1S/C8H4O6.2Li/c9-5-3(7(11)12)1-2-4(6(5)10)8(13)14;;/h1-2H,(H,11,12)(H,13,14);;/q;2*+1/p-2. The Labute approximate surface area is 114 Å². The van der Waals surface area contributed by atoms with Crippen molar-refractivity contribution in [2.24, 2.45) is 0 Å². The summed E-state index contributed by atoms with van der Waals surface area (Å²) in [6, 6.07) is 0. The molecule has 0 N–H and O–H groups in total. The van der Waals surface area contributed by atoms with Crippen molar-refractivity contribution in [2.45, 2.75) is 0 Å². The van der Waals surface area contributed by atoms with E-state index in [-0.39, 0.29) is 37.7 Å². The molecule has 0 amide bonds. The second-order valence-corrected chi connectivity index (χ2v) is 2.39. The van der Waals surface area contributed by atoms with Gasteiger partial charge in [-0.15, -0.1) is 0 Å². The fourth-order valence-electron chi connectivity index (χ4n) is 0.884. The minimum atomic E-state index is -1.82. The first-order valence-corrected chi connectivity index (χ1v) is 3.39. The van der Waals surface area contributed by atoms with Gasteiger partial charge in [0, 0.05) is 11.1 Å². The normalized spacial score (nSPS) is 14.0. The zero-order valence-electron chi connectivity index (χ0n) is 8.60. The number of carboxylic acid groups (broad SMARTS) is 2. The zero-order chi connectivity index (χ0) is 10.9. The quantitative estimate of drug-likeness (QED) is 0.192. The molecular weight excluding hydrogens is 206 g/mol. The van der Waals surface area contributed by atoms with Gasteiger partial charge in [-0.2, -0.15) is 0 Å². The molecule has 0 radical (unpaired) electrons. The van der Waals surface area contributed by atoms with E-state index >= 15 is 0 Å². The van der Waals surface area contributed by atoms with Crippen molar-refractivity contribution in [3.63, 3.8) is 0 Å². The first-order valence-electron chi connectivity index (χ1n) is 3.39. The monoisotopic (exact) mass is 208 g/mol. The van der Waals surface area contributed by atoms with Gasteiger partial charge in [0.25, 0.3) is 0 Å². The molecule has 0 aromatic heterocycles. The molecule has 6 nitrogen and oxygen atoms in total. The minimum absolute atomic E-state index is 0. The van der Waals surface area contributed by atoms with Gasteiger partial charge in [-0.3, -0.25) is 9.59 Å². The summed E-state index contributed by atoms with van der Waals surface area (Å²) in [4.78, 5) is 42.3. The maximum absolute atomic E-state index is 10.9. The molecule has 0 fully saturated rings. The van der Waals surface area contributed by atoms with Crippen molar-refractivity contribution >= 4 is 23.5 Å². The van der Waals surface area contributed by atoms with E-state index in [1.807, 2.05) is 0 Å². The van der Waals surface area contributed by atoms with E-state index in [2.05, 4.69) is 0 Å². The van der Waals surface area contributed by atoms with E-state index in [1.54, 1.807) is 0 Å². The van der Waals surface area contributed by atoms with Crippen LogP contribution in [0.3, 0.4) is 0 Å². The molecular formula is C8H2Li2O6. The van der Waals surface area contributed by atoms with E-state index in [0.717, 1.165) is 0 Å². The van der Waals surface area contributed by atoms with Crippen LogP contribution in [-0.2, 0) is 19.2 Å².